The zero-order chi connectivity index (χ0) is 29.2. The molecule has 2 heterocycles. The Labute approximate surface area is 225 Å². The van der Waals surface area contributed by atoms with E-state index in [0.717, 1.165) is 0 Å². The Morgan fingerprint density at radius 1 is 1.03 bits per heavy atom. The second-order valence-electron chi connectivity index (χ2n) is 10.5. The molecule has 0 aromatic rings. The summed E-state index contributed by atoms with van der Waals surface area (Å²) < 4.78 is 22.7. The molecule has 1 saturated carbocycles. The van der Waals surface area contributed by atoms with Crippen LogP contribution in [-0.2, 0) is 23.7 Å². The van der Waals surface area contributed by atoms with Crippen LogP contribution in [0.2, 0.25) is 0 Å². The second-order valence-corrected chi connectivity index (χ2v) is 10.5. The third kappa shape index (κ3) is 6.85. The number of rotatable bonds is 9. The van der Waals surface area contributed by atoms with Crippen molar-refractivity contribution in [3.05, 3.63) is 0 Å². The Morgan fingerprint density at radius 3 is 2.26 bits per heavy atom. The van der Waals surface area contributed by atoms with E-state index in [4.69, 9.17) is 36.1 Å². The van der Waals surface area contributed by atoms with Crippen molar-refractivity contribution in [2.75, 3.05) is 26.7 Å². The standard InChI is InChI=1S/C22H43N5O12/c1-22(35)6-36-20(15(33)18(22)26-2)39-17-8(27-19(34)9(28)4-23)3-7(25)16(14(17)32)38-21-13(31)12(30)11(29)10(5-24)37-21/h7-18,20-21,26,28-33,35H,3-6,23-25H2,1-2H3,(H,27,34)/t7-,8+,9-,10+,11+,12-,13+,14-,15+,16+,17-,18+,20-,21+,22-/m0/s1. The van der Waals surface area contributed by atoms with Crippen molar-refractivity contribution in [3.63, 3.8) is 0 Å². The fourth-order valence-electron chi connectivity index (χ4n) is 5.22. The van der Waals surface area contributed by atoms with Crippen LogP contribution in [0.5, 0.6) is 0 Å². The first-order chi connectivity index (χ1) is 18.3. The summed E-state index contributed by atoms with van der Waals surface area (Å²) in [6.07, 6.45) is -16.3. The summed E-state index contributed by atoms with van der Waals surface area (Å²) in [7, 11) is 1.52. The fraction of sp³-hybridized carbons (Fsp3) is 0.955. The molecule has 3 aliphatic rings. The Kier molecular flexibility index (Phi) is 11.0. The number of aliphatic hydroxyl groups is 7. The maximum atomic E-state index is 12.4. The first-order valence-electron chi connectivity index (χ1n) is 12.8. The summed E-state index contributed by atoms with van der Waals surface area (Å²) in [4.78, 5) is 12.4. The SMILES string of the molecule is CN[C@@H]1[C@@H](O)[C@H](O[C@@H]2[C@@H](O)[C@H](O[C@H]3O[C@H](CN)[C@@H](O)[C@H](O)[C@H]3O)[C@@H](N)C[C@H]2NC(=O)[C@@H](O)CN)OC[C@]1(C)O. The lowest BCUT2D eigenvalue weighted by atomic mass is 9.83. The van der Waals surface area contributed by atoms with Crippen LogP contribution in [0.25, 0.3) is 0 Å². The molecule has 17 heteroatoms. The van der Waals surface area contributed by atoms with Crippen LogP contribution in [0.4, 0.5) is 0 Å². The smallest absolute Gasteiger partial charge is 0.250 e. The van der Waals surface area contributed by atoms with Crippen molar-refractivity contribution >= 4 is 5.91 Å². The van der Waals surface area contributed by atoms with Crippen molar-refractivity contribution in [1.29, 1.82) is 0 Å². The average molecular weight is 570 g/mol. The van der Waals surface area contributed by atoms with E-state index in [-0.39, 0.29) is 26.1 Å². The third-order valence-corrected chi connectivity index (χ3v) is 7.50. The lowest BCUT2D eigenvalue weighted by Gasteiger charge is -2.49. The van der Waals surface area contributed by atoms with Gasteiger partial charge >= 0.3 is 0 Å². The number of carbonyl (C=O) groups excluding carboxylic acids is 1. The molecule has 2 saturated heterocycles. The number of ether oxygens (including phenoxy) is 4. The summed E-state index contributed by atoms with van der Waals surface area (Å²) in [6.45, 7) is 0.634. The van der Waals surface area contributed by atoms with Crippen LogP contribution in [-0.4, -0.2) is 160 Å². The van der Waals surface area contributed by atoms with Gasteiger partial charge in [-0.1, -0.05) is 0 Å². The van der Waals surface area contributed by atoms with E-state index in [1.165, 1.54) is 14.0 Å². The number of likely N-dealkylation sites (N-methyl/N-ethyl adjacent to an activating group) is 1. The van der Waals surface area contributed by atoms with Crippen LogP contribution >= 0.6 is 0 Å². The highest BCUT2D eigenvalue weighted by Gasteiger charge is 2.53. The van der Waals surface area contributed by atoms with Crippen molar-refractivity contribution in [1.82, 2.24) is 10.6 Å². The molecule has 39 heavy (non-hydrogen) atoms. The second kappa shape index (κ2) is 13.2. The lowest BCUT2D eigenvalue weighted by Crippen LogP contribution is -2.70. The molecule has 0 bridgehead atoms. The Morgan fingerprint density at radius 2 is 1.67 bits per heavy atom. The lowest BCUT2D eigenvalue weighted by molar-refractivity contribution is -0.330. The van der Waals surface area contributed by atoms with Gasteiger partial charge in [0.15, 0.2) is 12.6 Å². The van der Waals surface area contributed by atoms with E-state index in [0.29, 0.717) is 0 Å². The average Bonchev–Trinajstić information content (AvgIpc) is 2.89. The molecule has 0 unspecified atom stereocenters. The molecule has 17 nitrogen and oxygen atoms in total. The molecule has 0 aromatic carbocycles. The highest BCUT2D eigenvalue weighted by Crippen LogP contribution is 2.32. The number of aliphatic hydroxyl groups excluding tert-OH is 6. The Balaban J connectivity index is 1.84. The van der Waals surface area contributed by atoms with Gasteiger partial charge in [-0.2, -0.15) is 0 Å². The third-order valence-electron chi connectivity index (χ3n) is 7.50. The molecule has 1 amide bonds. The molecule has 0 radical (unpaired) electrons. The number of hydrogen-bond donors (Lipinski definition) is 12. The monoisotopic (exact) mass is 569 g/mol. The van der Waals surface area contributed by atoms with Crippen LogP contribution < -0.4 is 27.8 Å². The summed E-state index contributed by atoms with van der Waals surface area (Å²) in [5, 5.41) is 78.5. The molecule has 3 rings (SSSR count). The minimum Gasteiger partial charge on any atom is -0.388 e. The summed E-state index contributed by atoms with van der Waals surface area (Å²) in [5.74, 6) is -0.857. The maximum Gasteiger partial charge on any atom is 0.250 e. The summed E-state index contributed by atoms with van der Waals surface area (Å²) >= 11 is 0. The highest BCUT2D eigenvalue weighted by molar-refractivity contribution is 5.81. The van der Waals surface area contributed by atoms with E-state index in [2.05, 4.69) is 10.6 Å². The van der Waals surface area contributed by atoms with Crippen LogP contribution in [0.1, 0.15) is 13.3 Å². The molecule has 0 aromatic heterocycles. The van der Waals surface area contributed by atoms with Gasteiger partial charge in [-0.25, -0.2) is 0 Å². The zero-order valence-electron chi connectivity index (χ0n) is 21.8. The number of amides is 1. The molecule has 2 aliphatic heterocycles. The summed E-state index contributed by atoms with van der Waals surface area (Å²) in [5.41, 5.74) is 15.8. The molecule has 15 atom stereocenters. The van der Waals surface area contributed by atoms with Crippen LogP contribution in [0, 0.1) is 0 Å². The van der Waals surface area contributed by atoms with Crippen LogP contribution in [0.3, 0.4) is 0 Å². The van der Waals surface area contributed by atoms with Gasteiger partial charge in [-0.05, 0) is 20.4 Å². The molecule has 0 spiro atoms. The first-order valence-corrected chi connectivity index (χ1v) is 12.8. The van der Waals surface area contributed by atoms with Gasteiger partial charge in [0.25, 0.3) is 0 Å². The topological polar surface area (TPSA) is 298 Å². The molecular formula is C22H43N5O12. The van der Waals surface area contributed by atoms with Crippen molar-refractivity contribution in [2.45, 2.75) is 105 Å². The normalized spacial score (nSPS) is 47.9. The van der Waals surface area contributed by atoms with Gasteiger partial charge in [0, 0.05) is 19.1 Å². The maximum absolute atomic E-state index is 12.4. The number of carbonyl (C=O) groups is 1. The number of nitrogens with two attached hydrogens (primary N) is 3. The highest BCUT2D eigenvalue weighted by atomic mass is 16.7. The van der Waals surface area contributed by atoms with E-state index in [1.54, 1.807) is 0 Å². The minimum atomic E-state index is -1.72. The van der Waals surface area contributed by atoms with Crippen LogP contribution in [0.15, 0.2) is 0 Å². The molecule has 3 fully saturated rings. The Hall–Kier alpha value is -1.13. The fourth-order valence-corrected chi connectivity index (χ4v) is 5.22. The number of hydrogen-bond acceptors (Lipinski definition) is 16. The van der Waals surface area contributed by atoms with Gasteiger partial charge in [0.2, 0.25) is 5.91 Å². The number of nitrogens with one attached hydrogen (secondary N) is 2. The van der Waals surface area contributed by atoms with Crippen molar-refractivity contribution < 1.29 is 59.5 Å². The quantitative estimate of drug-likeness (QED) is 0.123. The molecular weight excluding hydrogens is 526 g/mol. The molecule has 15 N–H and O–H groups in total. The predicted octanol–water partition coefficient (Wildman–Crippen LogP) is -7.52. The van der Waals surface area contributed by atoms with E-state index >= 15 is 0 Å². The van der Waals surface area contributed by atoms with Crippen molar-refractivity contribution in [3.8, 4) is 0 Å². The van der Waals surface area contributed by atoms with E-state index in [1.807, 2.05) is 0 Å². The molecule has 228 valence electrons. The largest absolute Gasteiger partial charge is 0.388 e. The van der Waals surface area contributed by atoms with Crippen molar-refractivity contribution in [2.24, 2.45) is 17.2 Å². The Bertz CT molecular complexity index is 811. The van der Waals surface area contributed by atoms with Gasteiger partial charge in [0.1, 0.15) is 60.5 Å². The predicted molar refractivity (Wildman–Crippen MR) is 130 cm³/mol. The van der Waals surface area contributed by atoms with Gasteiger partial charge in [-0.15, -0.1) is 0 Å². The minimum absolute atomic E-state index is 0.0836. The molecule has 1 aliphatic carbocycles. The van der Waals surface area contributed by atoms with Gasteiger partial charge in [-0.3, -0.25) is 4.79 Å². The first kappa shape index (κ1) is 32.4. The van der Waals surface area contributed by atoms with E-state index < -0.39 is 97.1 Å². The van der Waals surface area contributed by atoms with E-state index in [9.17, 15) is 40.5 Å². The summed E-state index contributed by atoms with van der Waals surface area (Å²) in [6, 6.07) is -2.92. The van der Waals surface area contributed by atoms with Gasteiger partial charge in [0.05, 0.1) is 18.7 Å². The zero-order valence-corrected chi connectivity index (χ0v) is 21.8. The van der Waals surface area contributed by atoms with Gasteiger partial charge < -0.3 is 82.5 Å².